The predicted octanol–water partition coefficient (Wildman–Crippen LogP) is 1.28. The van der Waals surface area contributed by atoms with Gasteiger partial charge in [-0.1, -0.05) is 6.42 Å². The maximum atomic E-state index is 11.9. The van der Waals surface area contributed by atoms with E-state index >= 15 is 0 Å². The molecule has 2 rings (SSSR count). The van der Waals surface area contributed by atoms with Gasteiger partial charge in [0.1, 0.15) is 13.2 Å². The molecule has 1 heterocycles. The Morgan fingerprint density at radius 1 is 1.40 bits per heavy atom. The number of alkyl halides is 3. The lowest BCUT2D eigenvalue weighted by molar-refractivity contribution is -0.177. The fourth-order valence-electron chi connectivity index (χ4n) is 3.17. The number of likely N-dealkylation sites (tertiary alicyclic amines) is 1. The Kier molecular flexibility index (Phi) is 3.95. The number of ether oxygens (including phenoxy) is 1. The molecular formula is C12H16F3NO4. The van der Waals surface area contributed by atoms with Gasteiger partial charge in [-0.2, -0.15) is 13.2 Å². The highest BCUT2D eigenvalue weighted by atomic mass is 19.4. The van der Waals surface area contributed by atoms with E-state index in [1.807, 2.05) is 0 Å². The van der Waals surface area contributed by atoms with Gasteiger partial charge in [0.05, 0.1) is 5.41 Å². The molecule has 5 nitrogen and oxygen atoms in total. The van der Waals surface area contributed by atoms with E-state index in [1.165, 1.54) is 4.90 Å². The smallest absolute Gasteiger partial charge is 0.411 e. The van der Waals surface area contributed by atoms with Crippen LogP contribution in [-0.4, -0.2) is 54.4 Å². The zero-order valence-electron chi connectivity index (χ0n) is 10.8. The van der Waals surface area contributed by atoms with Crippen molar-refractivity contribution in [1.82, 2.24) is 4.90 Å². The molecule has 1 aliphatic heterocycles. The predicted molar refractivity (Wildman–Crippen MR) is 60.9 cm³/mol. The average molecular weight is 295 g/mol. The topological polar surface area (TPSA) is 66.8 Å². The molecule has 2 aliphatic rings. The third-order valence-electron chi connectivity index (χ3n) is 4.14. The zero-order chi connectivity index (χ0) is 15.0. The maximum Gasteiger partial charge on any atom is 0.411 e. The average Bonchev–Trinajstić information content (AvgIpc) is 2.83. The van der Waals surface area contributed by atoms with Crippen molar-refractivity contribution in [1.29, 1.82) is 0 Å². The minimum atomic E-state index is -4.47. The first-order chi connectivity index (χ1) is 9.24. The minimum absolute atomic E-state index is 0.0706. The van der Waals surface area contributed by atoms with Crippen LogP contribution in [0.25, 0.3) is 0 Å². The first kappa shape index (κ1) is 15.1. The number of halogens is 3. The second kappa shape index (κ2) is 5.23. The van der Waals surface area contributed by atoms with Gasteiger partial charge in [-0.05, 0) is 18.8 Å². The van der Waals surface area contributed by atoms with Crippen molar-refractivity contribution >= 4 is 11.9 Å². The van der Waals surface area contributed by atoms with Gasteiger partial charge >= 0.3 is 12.1 Å². The second-order valence-electron chi connectivity index (χ2n) is 5.43. The van der Waals surface area contributed by atoms with Gasteiger partial charge < -0.3 is 14.7 Å². The molecule has 0 spiro atoms. The number of amides is 1. The highest BCUT2D eigenvalue weighted by Gasteiger charge is 2.55. The lowest BCUT2D eigenvalue weighted by atomic mass is 9.81. The van der Waals surface area contributed by atoms with E-state index in [0.29, 0.717) is 13.0 Å². The van der Waals surface area contributed by atoms with E-state index in [0.717, 1.165) is 12.8 Å². The first-order valence-electron chi connectivity index (χ1n) is 6.40. The Bertz CT molecular complexity index is 412. The monoisotopic (exact) mass is 295 g/mol. The molecule has 0 aromatic heterocycles. The van der Waals surface area contributed by atoms with Crippen LogP contribution in [0.4, 0.5) is 13.2 Å². The minimum Gasteiger partial charge on any atom is -0.481 e. The Morgan fingerprint density at radius 2 is 2.10 bits per heavy atom. The number of carbonyl (C=O) groups is 2. The molecule has 8 heteroatoms. The van der Waals surface area contributed by atoms with Crippen LogP contribution in [0, 0.1) is 11.3 Å². The van der Waals surface area contributed by atoms with Crippen LogP contribution in [0.15, 0.2) is 0 Å². The maximum absolute atomic E-state index is 11.9. The van der Waals surface area contributed by atoms with Gasteiger partial charge in [0.15, 0.2) is 0 Å². The summed E-state index contributed by atoms with van der Waals surface area (Å²) in [5.74, 6) is -1.61. The van der Waals surface area contributed by atoms with Crippen LogP contribution in [0.5, 0.6) is 0 Å². The number of carbonyl (C=O) groups excluding carboxylic acids is 1. The van der Waals surface area contributed by atoms with E-state index in [-0.39, 0.29) is 12.5 Å². The molecule has 0 radical (unpaired) electrons. The van der Waals surface area contributed by atoms with Crippen LogP contribution in [-0.2, 0) is 14.3 Å². The third kappa shape index (κ3) is 2.89. The summed E-state index contributed by atoms with van der Waals surface area (Å²) in [4.78, 5) is 24.5. The molecule has 1 saturated carbocycles. The van der Waals surface area contributed by atoms with Crippen molar-refractivity contribution in [3.63, 3.8) is 0 Å². The summed E-state index contributed by atoms with van der Waals surface area (Å²) in [7, 11) is 0. The van der Waals surface area contributed by atoms with Crippen LogP contribution in [0.3, 0.4) is 0 Å². The Hall–Kier alpha value is -1.31. The summed E-state index contributed by atoms with van der Waals surface area (Å²) in [6, 6.07) is 0. The van der Waals surface area contributed by atoms with Crippen molar-refractivity contribution in [3.05, 3.63) is 0 Å². The molecule has 114 valence electrons. The Morgan fingerprint density at radius 3 is 2.65 bits per heavy atom. The van der Waals surface area contributed by atoms with Crippen LogP contribution < -0.4 is 0 Å². The highest BCUT2D eigenvalue weighted by Crippen LogP contribution is 2.48. The summed E-state index contributed by atoms with van der Waals surface area (Å²) >= 11 is 0. The molecule has 0 aromatic rings. The number of fused-ring (bicyclic) bond motifs is 1. The van der Waals surface area contributed by atoms with Gasteiger partial charge in [-0.25, -0.2) is 0 Å². The summed E-state index contributed by atoms with van der Waals surface area (Å²) < 4.78 is 40.1. The van der Waals surface area contributed by atoms with E-state index in [4.69, 9.17) is 0 Å². The number of carboxylic acid groups (broad SMARTS) is 1. The quantitative estimate of drug-likeness (QED) is 0.848. The Labute approximate surface area is 113 Å². The van der Waals surface area contributed by atoms with Crippen LogP contribution >= 0.6 is 0 Å². The van der Waals surface area contributed by atoms with Gasteiger partial charge in [0, 0.05) is 13.1 Å². The van der Waals surface area contributed by atoms with Crippen molar-refractivity contribution in [2.24, 2.45) is 11.3 Å². The molecule has 20 heavy (non-hydrogen) atoms. The van der Waals surface area contributed by atoms with Crippen molar-refractivity contribution < 1.29 is 32.6 Å². The molecule has 0 unspecified atom stereocenters. The molecule has 1 amide bonds. The summed E-state index contributed by atoms with van der Waals surface area (Å²) in [5.41, 5.74) is -0.917. The van der Waals surface area contributed by atoms with E-state index < -0.39 is 36.7 Å². The molecule has 1 saturated heterocycles. The largest absolute Gasteiger partial charge is 0.481 e. The molecule has 2 atom stereocenters. The Balaban J connectivity index is 1.89. The van der Waals surface area contributed by atoms with Crippen molar-refractivity contribution in [3.8, 4) is 0 Å². The third-order valence-corrected chi connectivity index (χ3v) is 4.14. The normalized spacial score (nSPS) is 29.6. The standard InChI is InChI=1S/C12H16F3NO4/c13-12(14,15)7-20-5-9(17)16-4-8-2-1-3-11(8,6-16)10(18)19/h8H,1-7H2,(H,18,19)/t8-,11+/m0/s1. The first-order valence-corrected chi connectivity index (χ1v) is 6.40. The number of carboxylic acids is 1. The van der Waals surface area contributed by atoms with Crippen LogP contribution in [0.1, 0.15) is 19.3 Å². The number of hydrogen-bond donors (Lipinski definition) is 1. The van der Waals surface area contributed by atoms with Gasteiger partial charge in [0.2, 0.25) is 5.91 Å². The second-order valence-corrected chi connectivity index (χ2v) is 5.43. The lowest BCUT2D eigenvalue weighted by Gasteiger charge is -2.23. The number of hydrogen-bond acceptors (Lipinski definition) is 3. The fraction of sp³-hybridized carbons (Fsp3) is 0.833. The lowest BCUT2D eigenvalue weighted by Crippen LogP contribution is -2.38. The molecule has 2 fully saturated rings. The molecular weight excluding hydrogens is 279 g/mol. The van der Waals surface area contributed by atoms with Gasteiger partial charge in [0.25, 0.3) is 0 Å². The molecule has 1 aliphatic carbocycles. The SMILES string of the molecule is O=C(COCC(F)(F)F)N1C[C@@H]2CCC[C@@]2(C(=O)O)C1. The van der Waals surface area contributed by atoms with Crippen LogP contribution in [0.2, 0.25) is 0 Å². The summed E-state index contributed by atoms with van der Waals surface area (Å²) in [6.45, 7) is -1.77. The van der Waals surface area contributed by atoms with E-state index in [2.05, 4.69) is 4.74 Å². The summed E-state index contributed by atoms with van der Waals surface area (Å²) in [5, 5.41) is 9.34. The van der Waals surface area contributed by atoms with Crippen molar-refractivity contribution in [2.45, 2.75) is 25.4 Å². The highest BCUT2D eigenvalue weighted by molar-refractivity contribution is 5.82. The summed E-state index contributed by atoms with van der Waals surface area (Å²) in [6.07, 6.45) is -2.41. The number of rotatable bonds is 4. The van der Waals surface area contributed by atoms with E-state index in [9.17, 15) is 27.9 Å². The van der Waals surface area contributed by atoms with Gasteiger partial charge in [-0.15, -0.1) is 0 Å². The zero-order valence-corrected chi connectivity index (χ0v) is 10.8. The fourth-order valence-corrected chi connectivity index (χ4v) is 3.17. The molecule has 1 N–H and O–H groups in total. The number of aliphatic carboxylic acids is 1. The molecule has 0 aromatic carbocycles. The van der Waals surface area contributed by atoms with Gasteiger partial charge in [-0.3, -0.25) is 9.59 Å². The van der Waals surface area contributed by atoms with E-state index in [1.54, 1.807) is 0 Å². The molecule has 0 bridgehead atoms. The van der Waals surface area contributed by atoms with Crippen molar-refractivity contribution in [2.75, 3.05) is 26.3 Å². The number of nitrogens with zero attached hydrogens (tertiary/aromatic N) is 1.